The molecular formula is C23H31BO5. The molecular weight excluding hydrogens is 367 g/mol. The van der Waals surface area contributed by atoms with Crippen LogP contribution < -0.4 is 10.2 Å². The first kappa shape index (κ1) is 23.1. The highest BCUT2D eigenvalue weighted by molar-refractivity contribution is 6.64. The van der Waals surface area contributed by atoms with Crippen LogP contribution in [-0.2, 0) is 14.0 Å². The van der Waals surface area contributed by atoms with E-state index in [9.17, 15) is 4.79 Å². The molecule has 1 aliphatic heterocycles. The first-order valence-corrected chi connectivity index (χ1v) is 9.84. The fraction of sp³-hybridized carbons (Fsp3) is 0.435. The van der Waals surface area contributed by atoms with Crippen molar-refractivity contribution in [1.29, 1.82) is 0 Å². The predicted octanol–water partition coefficient (Wildman–Crippen LogP) is 3.88. The summed E-state index contributed by atoms with van der Waals surface area (Å²) in [6, 6.07) is 5.36. The molecule has 0 amide bonds. The van der Waals surface area contributed by atoms with Crippen molar-refractivity contribution in [2.45, 2.75) is 45.3 Å². The maximum absolute atomic E-state index is 11.6. The molecule has 0 spiro atoms. The van der Waals surface area contributed by atoms with Crippen LogP contribution in [0.4, 0.5) is 0 Å². The molecule has 1 aromatic rings. The largest absolute Gasteiger partial charge is 0.499 e. The summed E-state index contributed by atoms with van der Waals surface area (Å²) in [5.41, 5.74) is 1.11. The lowest BCUT2D eigenvalue weighted by Crippen LogP contribution is -2.41. The molecule has 0 N–H and O–H groups in total. The minimum absolute atomic E-state index is 0.448. The average molecular weight is 398 g/mol. The Hall–Kier alpha value is -2.15. The lowest BCUT2D eigenvalue weighted by atomic mass is 9.75. The van der Waals surface area contributed by atoms with E-state index in [0.717, 1.165) is 11.9 Å². The van der Waals surface area contributed by atoms with Crippen molar-refractivity contribution in [3.63, 3.8) is 0 Å². The molecule has 0 atom stereocenters. The lowest BCUT2D eigenvalue weighted by Gasteiger charge is -2.32. The van der Waals surface area contributed by atoms with Crippen molar-refractivity contribution in [2.75, 3.05) is 19.8 Å². The minimum Gasteiger partial charge on any atom is -0.494 e. The monoisotopic (exact) mass is 398 g/mol. The highest BCUT2D eigenvalue weighted by atomic mass is 16.7. The second-order valence-corrected chi connectivity index (χ2v) is 7.90. The number of hydrogen-bond donors (Lipinski definition) is 0. The third kappa shape index (κ3) is 5.69. The van der Waals surface area contributed by atoms with Gasteiger partial charge in [0.25, 0.3) is 0 Å². The molecule has 0 unspecified atom stereocenters. The molecule has 0 aromatic heterocycles. The number of aldehydes is 1. The van der Waals surface area contributed by atoms with Crippen LogP contribution in [0.25, 0.3) is 0 Å². The van der Waals surface area contributed by atoms with Crippen LogP contribution in [0.3, 0.4) is 0 Å². The number of rotatable bonds is 11. The van der Waals surface area contributed by atoms with Gasteiger partial charge in [-0.05, 0) is 39.3 Å². The van der Waals surface area contributed by atoms with Crippen molar-refractivity contribution < 1.29 is 23.6 Å². The van der Waals surface area contributed by atoms with Crippen LogP contribution in [0.5, 0.6) is 5.75 Å². The third-order valence-electron chi connectivity index (χ3n) is 5.27. The van der Waals surface area contributed by atoms with Gasteiger partial charge in [-0.1, -0.05) is 43.5 Å². The fourth-order valence-electron chi connectivity index (χ4n) is 2.86. The zero-order valence-electron chi connectivity index (χ0n) is 17.9. The molecule has 2 rings (SSSR count). The van der Waals surface area contributed by atoms with E-state index in [4.69, 9.17) is 18.8 Å². The SMILES string of the molecule is C=C/C=C(\C=C)COCCCOc1cccc(C=O)c1B1OC(C)(C)C(C)(C)O1. The van der Waals surface area contributed by atoms with Crippen molar-refractivity contribution in [2.24, 2.45) is 0 Å². The van der Waals surface area contributed by atoms with Gasteiger partial charge in [0.05, 0.1) is 31.0 Å². The van der Waals surface area contributed by atoms with E-state index in [1.54, 1.807) is 24.3 Å². The summed E-state index contributed by atoms with van der Waals surface area (Å²) >= 11 is 0. The number of benzene rings is 1. The van der Waals surface area contributed by atoms with E-state index in [0.29, 0.717) is 43.0 Å². The van der Waals surface area contributed by atoms with Gasteiger partial charge in [0.2, 0.25) is 0 Å². The van der Waals surface area contributed by atoms with Crippen molar-refractivity contribution in [3.05, 3.63) is 60.7 Å². The second-order valence-electron chi connectivity index (χ2n) is 7.90. The number of hydrogen-bond acceptors (Lipinski definition) is 5. The molecule has 0 bridgehead atoms. The molecule has 0 radical (unpaired) electrons. The molecule has 0 aliphatic carbocycles. The zero-order chi connectivity index (χ0) is 21.5. The fourth-order valence-corrected chi connectivity index (χ4v) is 2.86. The van der Waals surface area contributed by atoms with Gasteiger partial charge < -0.3 is 18.8 Å². The highest BCUT2D eigenvalue weighted by Crippen LogP contribution is 2.37. The van der Waals surface area contributed by atoms with Crippen LogP contribution >= 0.6 is 0 Å². The van der Waals surface area contributed by atoms with E-state index in [-0.39, 0.29) is 0 Å². The lowest BCUT2D eigenvalue weighted by molar-refractivity contribution is 0.00578. The Bertz CT molecular complexity index is 751. The van der Waals surface area contributed by atoms with Gasteiger partial charge in [0, 0.05) is 17.4 Å². The second kappa shape index (κ2) is 10.1. The molecule has 0 saturated carbocycles. The Morgan fingerprint density at radius 1 is 1.14 bits per heavy atom. The summed E-state index contributed by atoms with van der Waals surface area (Å²) in [5.74, 6) is 0.589. The molecule has 6 heteroatoms. The molecule has 1 saturated heterocycles. The van der Waals surface area contributed by atoms with Gasteiger partial charge in [-0.15, -0.1) is 0 Å². The summed E-state index contributed by atoms with van der Waals surface area (Å²) < 4.78 is 23.9. The van der Waals surface area contributed by atoms with E-state index in [2.05, 4.69) is 13.2 Å². The maximum atomic E-state index is 11.6. The Kier molecular flexibility index (Phi) is 8.02. The quantitative estimate of drug-likeness (QED) is 0.245. The van der Waals surface area contributed by atoms with Crippen LogP contribution in [0.1, 0.15) is 44.5 Å². The van der Waals surface area contributed by atoms with Gasteiger partial charge in [-0.25, -0.2) is 0 Å². The standard InChI is InChI=1S/C23H31BO5/c1-7-11-18(8-2)17-26-14-10-15-27-20-13-9-12-19(16-25)21(20)24-28-22(3,4)23(5,6)29-24/h7-9,11-13,16H,1-2,10,14-15,17H2,3-6H3/b18-11+. The number of ether oxygens (including phenoxy) is 2. The van der Waals surface area contributed by atoms with Crippen LogP contribution in [0, 0.1) is 0 Å². The van der Waals surface area contributed by atoms with Gasteiger partial charge in [-0.2, -0.15) is 0 Å². The smallest absolute Gasteiger partial charge is 0.494 e. The summed E-state index contributed by atoms with van der Waals surface area (Å²) in [4.78, 5) is 11.6. The Morgan fingerprint density at radius 2 is 1.83 bits per heavy atom. The van der Waals surface area contributed by atoms with Crippen LogP contribution in [0.15, 0.2) is 55.2 Å². The van der Waals surface area contributed by atoms with E-state index in [1.165, 1.54) is 0 Å². The molecule has 5 nitrogen and oxygen atoms in total. The van der Waals surface area contributed by atoms with Crippen LogP contribution in [0.2, 0.25) is 0 Å². The van der Waals surface area contributed by atoms with E-state index < -0.39 is 18.3 Å². The van der Waals surface area contributed by atoms with Crippen molar-refractivity contribution in [3.8, 4) is 5.75 Å². The molecule has 156 valence electrons. The number of carbonyl (C=O) groups excluding carboxylic acids is 1. The van der Waals surface area contributed by atoms with Crippen molar-refractivity contribution >= 4 is 18.9 Å². The number of allylic oxidation sites excluding steroid dienone is 2. The van der Waals surface area contributed by atoms with Crippen LogP contribution in [-0.4, -0.2) is 44.4 Å². The Labute approximate surface area is 174 Å². The van der Waals surface area contributed by atoms with E-state index >= 15 is 0 Å². The van der Waals surface area contributed by atoms with Gasteiger partial charge in [0.1, 0.15) is 12.0 Å². The minimum atomic E-state index is -0.660. The normalized spacial score (nSPS) is 17.8. The maximum Gasteiger partial charge on any atom is 0.499 e. The molecule has 1 fully saturated rings. The zero-order valence-corrected chi connectivity index (χ0v) is 17.9. The first-order valence-electron chi connectivity index (χ1n) is 9.84. The molecule has 1 aromatic carbocycles. The van der Waals surface area contributed by atoms with Gasteiger partial charge in [0.15, 0.2) is 0 Å². The summed E-state index contributed by atoms with van der Waals surface area (Å²) in [7, 11) is -0.660. The summed E-state index contributed by atoms with van der Waals surface area (Å²) in [6.45, 7) is 16.8. The van der Waals surface area contributed by atoms with Crippen molar-refractivity contribution in [1.82, 2.24) is 0 Å². The molecule has 1 heterocycles. The molecule has 29 heavy (non-hydrogen) atoms. The Morgan fingerprint density at radius 3 is 2.41 bits per heavy atom. The summed E-state index contributed by atoms with van der Waals surface area (Å²) in [5, 5.41) is 0. The number of carbonyl (C=O) groups is 1. The molecule has 1 aliphatic rings. The van der Waals surface area contributed by atoms with E-state index in [1.807, 2.05) is 39.8 Å². The average Bonchev–Trinajstić information content (AvgIpc) is 2.90. The predicted molar refractivity (Wildman–Crippen MR) is 117 cm³/mol. The van der Waals surface area contributed by atoms with Gasteiger partial charge >= 0.3 is 7.12 Å². The third-order valence-corrected chi connectivity index (χ3v) is 5.27. The Balaban J connectivity index is 2.00. The summed E-state index contributed by atoms with van der Waals surface area (Å²) in [6.07, 6.45) is 6.83. The van der Waals surface area contributed by atoms with Gasteiger partial charge in [-0.3, -0.25) is 4.79 Å². The highest BCUT2D eigenvalue weighted by Gasteiger charge is 2.53. The first-order chi connectivity index (χ1) is 13.8. The topological polar surface area (TPSA) is 54.0 Å².